The van der Waals surface area contributed by atoms with E-state index in [1.165, 1.54) is 23.5 Å². The van der Waals surface area contributed by atoms with Crippen molar-refractivity contribution in [2.24, 2.45) is 0 Å². The minimum Gasteiger partial charge on any atom is -0.383 e. The summed E-state index contributed by atoms with van der Waals surface area (Å²) < 4.78 is 39.9. The van der Waals surface area contributed by atoms with Gasteiger partial charge < -0.3 is 16.4 Å². The lowest BCUT2D eigenvalue weighted by atomic mass is 10.1. The van der Waals surface area contributed by atoms with Crippen LogP contribution in [0.2, 0.25) is 0 Å². The highest BCUT2D eigenvalue weighted by Gasteiger charge is 2.30. The number of fused-ring (bicyclic) bond motifs is 1. The third-order valence-corrected chi connectivity index (χ3v) is 6.51. The molecule has 7 nitrogen and oxygen atoms in total. The van der Waals surface area contributed by atoms with Crippen LogP contribution in [0.25, 0.3) is 5.65 Å². The van der Waals surface area contributed by atoms with Crippen molar-refractivity contribution in [1.82, 2.24) is 19.7 Å². The van der Waals surface area contributed by atoms with Crippen molar-refractivity contribution in [3.05, 3.63) is 70.1 Å². The number of thiazole rings is 1. The van der Waals surface area contributed by atoms with E-state index in [1.807, 2.05) is 26.8 Å². The van der Waals surface area contributed by atoms with Crippen molar-refractivity contribution in [2.45, 2.75) is 39.4 Å². The first-order valence-corrected chi connectivity index (χ1v) is 11.4. The molecule has 0 aliphatic carbocycles. The Balaban J connectivity index is 1.48. The molecular formula is C23H23F3N6OS. The number of hydrogen-bond acceptors (Lipinski definition) is 6. The van der Waals surface area contributed by atoms with Gasteiger partial charge in [0.05, 0.1) is 29.1 Å². The molecule has 0 saturated heterocycles. The molecule has 4 aromatic rings. The van der Waals surface area contributed by atoms with Gasteiger partial charge in [0, 0.05) is 11.9 Å². The van der Waals surface area contributed by atoms with Crippen LogP contribution in [0.15, 0.2) is 42.7 Å². The van der Waals surface area contributed by atoms with E-state index in [2.05, 4.69) is 20.6 Å². The third kappa shape index (κ3) is 4.69. The molecule has 3 aromatic heterocycles. The van der Waals surface area contributed by atoms with Gasteiger partial charge in [0.15, 0.2) is 0 Å². The highest BCUT2D eigenvalue weighted by Crippen LogP contribution is 2.32. The molecule has 3 heterocycles. The zero-order chi connectivity index (χ0) is 24.6. The molecule has 0 radical (unpaired) electrons. The molecule has 0 bridgehead atoms. The predicted molar refractivity (Wildman–Crippen MR) is 126 cm³/mol. The maximum atomic E-state index is 13.1. The van der Waals surface area contributed by atoms with E-state index in [0.717, 1.165) is 17.7 Å². The van der Waals surface area contributed by atoms with Gasteiger partial charge in [-0.3, -0.25) is 9.20 Å². The van der Waals surface area contributed by atoms with Gasteiger partial charge in [-0.1, -0.05) is 18.3 Å². The van der Waals surface area contributed by atoms with Crippen molar-refractivity contribution in [3.8, 4) is 0 Å². The molecule has 1 amide bonds. The number of imidazole rings is 1. The zero-order valence-corrected chi connectivity index (χ0v) is 19.5. The maximum absolute atomic E-state index is 13.1. The van der Waals surface area contributed by atoms with Gasteiger partial charge in [-0.15, -0.1) is 0 Å². The average molecular weight is 489 g/mol. The summed E-state index contributed by atoms with van der Waals surface area (Å²) in [5, 5.41) is 7.30. The minimum absolute atomic E-state index is 0.260. The van der Waals surface area contributed by atoms with E-state index in [1.54, 1.807) is 16.8 Å². The molecule has 4 N–H and O–H groups in total. The summed E-state index contributed by atoms with van der Waals surface area (Å²) in [6.07, 6.45) is -0.448. The van der Waals surface area contributed by atoms with Gasteiger partial charge in [-0.05, 0) is 56.2 Å². The summed E-state index contributed by atoms with van der Waals surface area (Å²) in [6, 6.07) is 6.23. The second kappa shape index (κ2) is 8.98. The monoisotopic (exact) mass is 488 g/mol. The van der Waals surface area contributed by atoms with Gasteiger partial charge >= 0.3 is 6.18 Å². The number of aryl methyl sites for hydroxylation is 2. The molecule has 178 valence electrons. The third-order valence-electron chi connectivity index (χ3n) is 5.41. The minimum atomic E-state index is -4.38. The number of alkyl halides is 3. The summed E-state index contributed by atoms with van der Waals surface area (Å²) in [6.45, 7) is 5.60. The van der Waals surface area contributed by atoms with E-state index in [-0.39, 0.29) is 11.9 Å². The fourth-order valence-electron chi connectivity index (χ4n) is 3.53. The standard InChI is InChI=1S/C23H23F3N6OS/c1-4-14-9-18-29-12(2)20(27)32(18)11-17(14)21(33)30-13(3)22-28-10-19(34-22)31-16-7-5-15(6-8-16)23(24,25)26/h5-11,13,31H,4,27H2,1-3H3,(H,30,33). The Morgan fingerprint density at radius 3 is 2.62 bits per heavy atom. The molecule has 0 aliphatic heterocycles. The number of nitrogen functional groups attached to an aromatic ring is 1. The second-order valence-corrected chi connectivity index (χ2v) is 8.90. The summed E-state index contributed by atoms with van der Waals surface area (Å²) in [5.74, 6) is 0.225. The van der Waals surface area contributed by atoms with Crippen molar-refractivity contribution >= 4 is 39.4 Å². The van der Waals surface area contributed by atoms with Crippen LogP contribution in [-0.2, 0) is 12.6 Å². The number of amides is 1. The molecule has 34 heavy (non-hydrogen) atoms. The molecule has 11 heteroatoms. The van der Waals surface area contributed by atoms with E-state index < -0.39 is 11.7 Å². The number of nitrogens with zero attached hydrogens (tertiary/aromatic N) is 3. The van der Waals surface area contributed by atoms with Crippen molar-refractivity contribution in [3.63, 3.8) is 0 Å². The second-order valence-electron chi connectivity index (χ2n) is 7.83. The number of rotatable bonds is 6. The van der Waals surface area contributed by atoms with Crippen LogP contribution in [0.5, 0.6) is 0 Å². The van der Waals surface area contributed by atoms with E-state index in [0.29, 0.717) is 44.8 Å². The van der Waals surface area contributed by atoms with Crippen molar-refractivity contribution in [2.75, 3.05) is 11.1 Å². The first kappa shape index (κ1) is 23.6. The Labute approximate surface area is 197 Å². The van der Waals surface area contributed by atoms with Gasteiger partial charge in [0.25, 0.3) is 5.91 Å². The SMILES string of the molecule is CCc1cc2nc(C)c(N)n2cc1C(=O)NC(C)c1ncc(Nc2ccc(C(F)(F)F)cc2)s1. The summed E-state index contributed by atoms with van der Waals surface area (Å²) in [7, 11) is 0. The van der Waals surface area contributed by atoms with Crippen molar-refractivity contribution < 1.29 is 18.0 Å². The number of nitrogens with two attached hydrogens (primary N) is 1. The van der Waals surface area contributed by atoms with Crippen LogP contribution in [0.1, 0.15) is 52.1 Å². The summed E-state index contributed by atoms with van der Waals surface area (Å²) in [4.78, 5) is 21.8. The fourth-order valence-corrected chi connectivity index (χ4v) is 4.37. The summed E-state index contributed by atoms with van der Waals surface area (Å²) in [5.41, 5.74) is 8.63. The molecule has 0 fully saturated rings. The normalized spacial score (nSPS) is 12.6. The largest absolute Gasteiger partial charge is 0.416 e. The number of pyridine rings is 1. The number of nitrogens with one attached hydrogen (secondary N) is 2. The Morgan fingerprint density at radius 2 is 1.97 bits per heavy atom. The van der Waals surface area contributed by atoms with Crippen LogP contribution in [-0.4, -0.2) is 20.3 Å². The summed E-state index contributed by atoms with van der Waals surface area (Å²) >= 11 is 1.31. The molecule has 1 aromatic carbocycles. The number of hydrogen-bond donors (Lipinski definition) is 3. The smallest absolute Gasteiger partial charge is 0.383 e. The quantitative estimate of drug-likeness (QED) is 0.333. The molecule has 0 spiro atoms. The van der Waals surface area contributed by atoms with E-state index in [9.17, 15) is 18.0 Å². The van der Waals surface area contributed by atoms with Gasteiger partial charge in [-0.25, -0.2) is 9.97 Å². The molecule has 4 rings (SSSR count). The lowest BCUT2D eigenvalue weighted by Crippen LogP contribution is -2.27. The molecule has 1 unspecified atom stereocenters. The number of halogens is 3. The van der Waals surface area contributed by atoms with E-state index in [4.69, 9.17) is 5.73 Å². The highest BCUT2D eigenvalue weighted by molar-refractivity contribution is 7.15. The highest BCUT2D eigenvalue weighted by atomic mass is 32.1. The lowest BCUT2D eigenvalue weighted by molar-refractivity contribution is -0.137. The lowest BCUT2D eigenvalue weighted by Gasteiger charge is -2.14. The van der Waals surface area contributed by atoms with Crippen molar-refractivity contribution in [1.29, 1.82) is 0 Å². The van der Waals surface area contributed by atoms with Crippen LogP contribution < -0.4 is 16.4 Å². The van der Waals surface area contributed by atoms with Crippen LogP contribution in [0, 0.1) is 6.92 Å². The number of carbonyl (C=O) groups is 1. The molecular weight excluding hydrogens is 465 g/mol. The van der Waals surface area contributed by atoms with Crippen LogP contribution in [0.4, 0.5) is 29.7 Å². The van der Waals surface area contributed by atoms with Crippen LogP contribution >= 0.6 is 11.3 Å². The molecule has 1 atom stereocenters. The number of carbonyl (C=O) groups excluding carboxylic acids is 1. The zero-order valence-electron chi connectivity index (χ0n) is 18.7. The Kier molecular flexibility index (Phi) is 6.22. The fraction of sp³-hybridized carbons (Fsp3) is 0.261. The molecule has 0 aliphatic rings. The van der Waals surface area contributed by atoms with Gasteiger partial charge in [-0.2, -0.15) is 13.2 Å². The topological polar surface area (TPSA) is 97.3 Å². The predicted octanol–water partition coefficient (Wildman–Crippen LogP) is 5.50. The Bertz CT molecular complexity index is 1340. The first-order valence-electron chi connectivity index (χ1n) is 10.5. The number of anilines is 3. The Morgan fingerprint density at radius 1 is 1.26 bits per heavy atom. The van der Waals surface area contributed by atoms with Gasteiger partial charge in [0.1, 0.15) is 21.5 Å². The number of aromatic nitrogens is 3. The number of benzene rings is 1. The Hall–Kier alpha value is -3.60. The van der Waals surface area contributed by atoms with Crippen LogP contribution in [0.3, 0.4) is 0 Å². The van der Waals surface area contributed by atoms with Gasteiger partial charge in [0.2, 0.25) is 0 Å². The average Bonchev–Trinajstić information content (AvgIpc) is 3.36. The first-order chi connectivity index (χ1) is 16.1. The maximum Gasteiger partial charge on any atom is 0.416 e. The molecule has 0 saturated carbocycles. The van der Waals surface area contributed by atoms with E-state index >= 15 is 0 Å².